The SMILES string of the molecule is Cc1nnnn1/C(=C/c1ccccc1)C(=O)OC/C(O)=C(\C#N)c1nc2ccccc2[nH]1. The number of aromatic amines is 1. The number of tetrazole rings is 1. The fraction of sp³-hybridized carbons (Fsp3) is 0.0909. The fourth-order valence-corrected chi connectivity index (χ4v) is 2.97. The molecule has 0 saturated carbocycles. The Bertz CT molecular complexity index is 1340. The van der Waals surface area contributed by atoms with E-state index in [2.05, 4.69) is 25.5 Å². The topological polar surface area (TPSA) is 143 Å². The van der Waals surface area contributed by atoms with Crippen LogP contribution in [0.5, 0.6) is 0 Å². The molecule has 0 amide bonds. The van der Waals surface area contributed by atoms with Gasteiger partial charge in [0.1, 0.15) is 18.2 Å². The molecule has 0 fully saturated rings. The highest BCUT2D eigenvalue weighted by Crippen LogP contribution is 2.20. The summed E-state index contributed by atoms with van der Waals surface area (Å²) in [7, 11) is 0. The zero-order valence-corrected chi connectivity index (χ0v) is 16.9. The number of rotatable bonds is 6. The number of carbonyl (C=O) groups excluding carboxylic acids is 1. The normalized spacial score (nSPS) is 12.3. The number of hydrogen-bond acceptors (Lipinski definition) is 8. The fourth-order valence-electron chi connectivity index (χ4n) is 2.97. The number of ether oxygens (including phenoxy) is 1. The Morgan fingerprint density at radius 1 is 1.22 bits per heavy atom. The standard InChI is InChI=1S/C22H17N7O3/c1-14-26-27-28-29(14)19(11-15-7-3-2-4-8-15)22(31)32-13-20(30)16(12-23)21-24-17-9-5-6-10-18(17)25-21/h2-11,30H,13H2,1H3,(H,24,25)/b19-11+,20-16-. The Balaban J connectivity index is 1.60. The minimum atomic E-state index is -0.780. The average molecular weight is 427 g/mol. The third kappa shape index (κ3) is 4.22. The molecule has 0 aliphatic heterocycles. The molecule has 0 spiro atoms. The van der Waals surface area contributed by atoms with Gasteiger partial charge >= 0.3 is 5.97 Å². The molecule has 10 heteroatoms. The van der Waals surface area contributed by atoms with Gasteiger partial charge in [-0.15, -0.1) is 5.10 Å². The summed E-state index contributed by atoms with van der Waals surface area (Å²) >= 11 is 0. The number of nitriles is 1. The average Bonchev–Trinajstić information content (AvgIpc) is 3.43. The van der Waals surface area contributed by atoms with Crippen LogP contribution in [0.3, 0.4) is 0 Å². The van der Waals surface area contributed by atoms with Crippen LogP contribution in [-0.4, -0.2) is 47.9 Å². The number of para-hydroxylation sites is 2. The molecule has 158 valence electrons. The van der Waals surface area contributed by atoms with Crippen LogP contribution >= 0.6 is 0 Å². The molecule has 10 nitrogen and oxygen atoms in total. The number of hydrogen-bond donors (Lipinski definition) is 2. The largest absolute Gasteiger partial charge is 0.507 e. The number of allylic oxidation sites excluding steroid dienone is 1. The van der Waals surface area contributed by atoms with E-state index in [1.165, 1.54) is 4.68 Å². The van der Waals surface area contributed by atoms with Gasteiger partial charge in [-0.05, 0) is 41.1 Å². The van der Waals surface area contributed by atoms with Gasteiger partial charge in [-0.3, -0.25) is 0 Å². The maximum absolute atomic E-state index is 12.8. The summed E-state index contributed by atoms with van der Waals surface area (Å²) < 4.78 is 6.51. The quantitative estimate of drug-likeness (QED) is 0.207. The van der Waals surface area contributed by atoms with Crippen LogP contribution in [0.2, 0.25) is 0 Å². The minimum Gasteiger partial charge on any atom is -0.507 e. The molecule has 0 aliphatic carbocycles. The maximum Gasteiger partial charge on any atom is 0.357 e. The van der Waals surface area contributed by atoms with Crippen molar-refractivity contribution in [2.75, 3.05) is 6.61 Å². The summed E-state index contributed by atoms with van der Waals surface area (Å²) in [6.07, 6.45) is 1.57. The van der Waals surface area contributed by atoms with E-state index < -0.39 is 18.3 Å². The van der Waals surface area contributed by atoms with Crippen LogP contribution in [0.4, 0.5) is 0 Å². The van der Waals surface area contributed by atoms with Gasteiger partial charge in [-0.1, -0.05) is 42.5 Å². The molecule has 0 radical (unpaired) electrons. The zero-order chi connectivity index (χ0) is 22.5. The summed E-state index contributed by atoms with van der Waals surface area (Å²) in [5.41, 5.74) is 2.01. The van der Waals surface area contributed by atoms with Crippen LogP contribution in [0.1, 0.15) is 17.2 Å². The van der Waals surface area contributed by atoms with Crippen LogP contribution in [0.15, 0.2) is 60.4 Å². The predicted molar refractivity (Wildman–Crippen MR) is 115 cm³/mol. The van der Waals surface area contributed by atoms with Crippen molar-refractivity contribution in [1.82, 2.24) is 30.2 Å². The molecule has 0 unspecified atom stereocenters. The smallest absolute Gasteiger partial charge is 0.357 e. The Morgan fingerprint density at radius 3 is 2.66 bits per heavy atom. The Labute approximate surface area is 182 Å². The molecule has 0 aliphatic rings. The number of aromatic nitrogens is 6. The van der Waals surface area contributed by atoms with Crippen LogP contribution < -0.4 is 0 Å². The number of imidazole rings is 1. The number of aliphatic hydroxyl groups is 1. The minimum absolute atomic E-state index is 0.0498. The molecule has 2 aromatic carbocycles. The molecule has 4 rings (SSSR count). The molecule has 2 heterocycles. The number of nitrogens with zero attached hydrogens (tertiary/aromatic N) is 6. The second kappa shape index (κ2) is 8.93. The summed E-state index contributed by atoms with van der Waals surface area (Å²) in [6, 6.07) is 18.2. The van der Waals surface area contributed by atoms with Crippen molar-refractivity contribution in [3.63, 3.8) is 0 Å². The molecular weight excluding hydrogens is 410 g/mol. The number of benzene rings is 2. The lowest BCUT2D eigenvalue weighted by molar-refractivity contribution is -0.136. The van der Waals surface area contributed by atoms with E-state index in [0.717, 1.165) is 5.56 Å². The van der Waals surface area contributed by atoms with Crippen molar-refractivity contribution in [2.24, 2.45) is 0 Å². The molecule has 2 aromatic heterocycles. The van der Waals surface area contributed by atoms with E-state index in [9.17, 15) is 15.2 Å². The summed E-state index contributed by atoms with van der Waals surface area (Å²) in [5.74, 6) is -0.660. The second-order valence-electron chi connectivity index (χ2n) is 6.69. The lowest BCUT2D eigenvalue weighted by Gasteiger charge is -2.09. The van der Waals surface area contributed by atoms with Gasteiger partial charge in [-0.2, -0.15) is 9.94 Å². The van der Waals surface area contributed by atoms with E-state index in [1.807, 2.05) is 36.4 Å². The Morgan fingerprint density at radius 2 is 1.97 bits per heavy atom. The highest BCUT2D eigenvalue weighted by Gasteiger charge is 2.20. The number of aliphatic hydroxyl groups excluding tert-OH is 1. The number of H-pyrrole nitrogens is 1. The Hall–Kier alpha value is -4.78. The third-order valence-corrected chi connectivity index (χ3v) is 4.53. The summed E-state index contributed by atoms with van der Waals surface area (Å²) in [4.78, 5) is 20.1. The molecule has 32 heavy (non-hydrogen) atoms. The Kier molecular flexibility index (Phi) is 5.72. The monoisotopic (exact) mass is 427 g/mol. The number of carbonyl (C=O) groups is 1. The first-order valence-electron chi connectivity index (χ1n) is 9.53. The molecule has 0 atom stereocenters. The highest BCUT2D eigenvalue weighted by atomic mass is 16.5. The lowest BCUT2D eigenvalue weighted by Crippen LogP contribution is -2.16. The second-order valence-corrected chi connectivity index (χ2v) is 6.69. The summed E-state index contributed by atoms with van der Waals surface area (Å²) in [5, 5.41) is 31.2. The van der Waals surface area contributed by atoms with E-state index in [0.29, 0.717) is 16.9 Å². The van der Waals surface area contributed by atoms with E-state index in [1.54, 1.807) is 37.3 Å². The van der Waals surface area contributed by atoms with Crippen LogP contribution in [0.25, 0.3) is 28.4 Å². The first kappa shape index (κ1) is 20.5. The van der Waals surface area contributed by atoms with Crippen molar-refractivity contribution in [2.45, 2.75) is 6.92 Å². The van der Waals surface area contributed by atoms with Gasteiger partial charge in [0.05, 0.1) is 11.0 Å². The zero-order valence-electron chi connectivity index (χ0n) is 16.9. The van der Waals surface area contributed by atoms with Crippen molar-refractivity contribution in [1.29, 1.82) is 5.26 Å². The third-order valence-electron chi connectivity index (χ3n) is 4.53. The van der Waals surface area contributed by atoms with Crippen LogP contribution in [0, 0.1) is 18.3 Å². The van der Waals surface area contributed by atoms with Gasteiger partial charge in [0.2, 0.25) is 0 Å². The van der Waals surface area contributed by atoms with E-state index in [4.69, 9.17) is 4.74 Å². The number of fused-ring (bicyclic) bond motifs is 1. The van der Waals surface area contributed by atoms with Gasteiger partial charge in [-0.25, -0.2) is 9.78 Å². The highest BCUT2D eigenvalue weighted by molar-refractivity contribution is 6.15. The molecule has 4 aromatic rings. The maximum atomic E-state index is 12.8. The molecule has 0 saturated heterocycles. The lowest BCUT2D eigenvalue weighted by atomic mass is 10.2. The van der Waals surface area contributed by atoms with Crippen molar-refractivity contribution in [3.05, 3.63) is 77.6 Å². The first-order valence-corrected chi connectivity index (χ1v) is 9.53. The number of aryl methyl sites for hydroxylation is 1. The molecule has 0 bridgehead atoms. The first-order chi connectivity index (χ1) is 15.6. The van der Waals surface area contributed by atoms with Gasteiger partial charge in [0, 0.05) is 0 Å². The molecular formula is C22H17N7O3. The van der Waals surface area contributed by atoms with E-state index in [-0.39, 0.29) is 17.1 Å². The van der Waals surface area contributed by atoms with E-state index >= 15 is 0 Å². The van der Waals surface area contributed by atoms with Crippen molar-refractivity contribution in [3.8, 4) is 6.07 Å². The van der Waals surface area contributed by atoms with Crippen LogP contribution in [-0.2, 0) is 9.53 Å². The van der Waals surface area contributed by atoms with Gasteiger partial charge < -0.3 is 14.8 Å². The number of nitrogens with one attached hydrogen (secondary N) is 1. The van der Waals surface area contributed by atoms with Gasteiger partial charge in [0.15, 0.2) is 23.1 Å². The predicted octanol–water partition coefficient (Wildman–Crippen LogP) is 2.89. The summed E-state index contributed by atoms with van der Waals surface area (Å²) in [6.45, 7) is 1.10. The molecule has 2 N–H and O–H groups in total. The van der Waals surface area contributed by atoms with Gasteiger partial charge in [0.25, 0.3) is 0 Å². The van der Waals surface area contributed by atoms with Crippen molar-refractivity contribution < 1.29 is 14.6 Å². The van der Waals surface area contributed by atoms with Crippen molar-refractivity contribution >= 4 is 34.3 Å². The number of esters is 1.